The zero-order chi connectivity index (χ0) is 14.2. The van der Waals surface area contributed by atoms with Crippen LogP contribution in [0, 0.1) is 23.3 Å². The van der Waals surface area contributed by atoms with Gasteiger partial charge in [-0.3, -0.25) is 0 Å². The fourth-order valence-electron chi connectivity index (χ4n) is 1.58. The first kappa shape index (κ1) is 14.5. The van der Waals surface area contributed by atoms with Crippen LogP contribution in [0.1, 0.15) is 16.0 Å². The van der Waals surface area contributed by atoms with Crippen LogP contribution in [-0.4, -0.2) is 0 Å². The van der Waals surface area contributed by atoms with Gasteiger partial charge in [-0.1, -0.05) is 22.0 Å². The van der Waals surface area contributed by atoms with Gasteiger partial charge in [-0.15, -0.1) is 0 Å². The van der Waals surface area contributed by atoms with Crippen molar-refractivity contribution >= 4 is 31.9 Å². The van der Waals surface area contributed by atoms with Gasteiger partial charge in [0.15, 0.2) is 11.6 Å². The molecule has 100 valence electrons. The molecule has 0 spiro atoms. The fourth-order valence-corrected chi connectivity index (χ4v) is 2.53. The second-order valence-corrected chi connectivity index (χ2v) is 5.59. The van der Waals surface area contributed by atoms with Crippen LogP contribution in [0.2, 0.25) is 0 Å². The molecular formula is C13H6Br2F4. The largest absolute Gasteiger partial charge is 0.207 e. The predicted molar refractivity (Wildman–Crippen MR) is 71.2 cm³/mol. The summed E-state index contributed by atoms with van der Waals surface area (Å²) in [4.78, 5) is -0.773. The lowest BCUT2D eigenvalue weighted by molar-refractivity contribution is 0.507. The van der Waals surface area contributed by atoms with Crippen LogP contribution in [0.4, 0.5) is 17.6 Å². The summed E-state index contributed by atoms with van der Waals surface area (Å²) in [5.74, 6) is -3.32. The van der Waals surface area contributed by atoms with Crippen LogP contribution >= 0.6 is 31.9 Å². The topological polar surface area (TPSA) is 0 Å². The Morgan fingerprint density at radius 1 is 0.789 bits per heavy atom. The Morgan fingerprint density at radius 2 is 1.47 bits per heavy atom. The van der Waals surface area contributed by atoms with E-state index in [4.69, 9.17) is 0 Å². The highest BCUT2D eigenvalue weighted by molar-refractivity contribution is 9.10. The van der Waals surface area contributed by atoms with Crippen LogP contribution in [0.5, 0.6) is 0 Å². The first-order valence-electron chi connectivity index (χ1n) is 5.13. The highest BCUT2D eigenvalue weighted by atomic mass is 79.9. The van der Waals surface area contributed by atoms with E-state index in [2.05, 4.69) is 31.9 Å². The van der Waals surface area contributed by atoms with Gasteiger partial charge in [0.05, 0.1) is 9.30 Å². The van der Waals surface area contributed by atoms with Crippen molar-refractivity contribution in [1.29, 1.82) is 0 Å². The molecule has 0 aliphatic rings. The molecule has 0 aromatic heterocycles. The van der Waals surface area contributed by atoms with Gasteiger partial charge >= 0.3 is 0 Å². The third kappa shape index (κ3) is 3.00. The van der Waals surface area contributed by atoms with Crippen molar-refractivity contribution in [2.24, 2.45) is 0 Å². The predicted octanol–water partition coefficient (Wildman–Crippen LogP) is 5.49. The second-order valence-electron chi connectivity index (χ2n) is 3.82. The van der Waals surface area contributed by atoms with E-state index < -0.39 is 28.1 Å². The number of hydrogen-bond acceptors (Lipinski definition) is 0. The van der Waals surface area contributed by atoms with Crippen molar-refractivity contribution in [3.05, 3.63) is 69.2 Å². The van der Waals surface area contributed by atoms with E-state index >= 15 is 0 Å². The number of hydrogen-bond donors (Lipinski definition) is 0. The van der Waals surface area contributed by atoms with E-state index in [0.29, 0.717) is 5.56 Å². The molecule has 0 N–H and O–H groups in total. The Labute approximate surface area is 123 Å². The summed E-state index contributed by atoms with van der Waals surface area (Å²) in [6.07, 6.45) is 0. The van der Waals surface area contributed by atoms with Crippen molar-refractivity contribution in [2.45, 2.75) is 4.83 Å². The molecule has 0 heterocycles. The van der Waals surface area contributed by atoms with Gasteiger partial charge in [0.2, 0.25) is 0 Å². The Bertz CT molecular complexity index is 628. The van der Waals surface area contributed by atoms with Gasteiger partial charge in [-0.05, 0) is 45.8 Å². The van der Waals surface area contributed by atoms with Crippen molar-refractivity contribution in [3.63, 3.8) is 0 Å². The third-order valence-corrected chi connectivity index (χ3v) is 4.18. The third-order valence-electron chi connectivity index (χ3n) is 2.55. The highest BCUT2D eigenvalue weighted by Crippen LogP contribution is 2.35. The number of halogens is 6. The smallest absolute Gasteiger partial charge is 0.159 e. The minimum absolute atomic E-state index is 0.00117. The minimum Gasteiger partial charge on any atom is -0.207 e. The van der Waals surface area contributed by atoms with Crippen LogP contribution in [0.25, 0.3) is 0 Å². The quantitative estimate of drug-likeness (QED) is 0.357. The monoisotopic (exact) mass is 396 g/mol. The van der Waals surface area contributed by atoms with Crippen LogP contribution in [0.15, 0.2) is 34.8 Å². The number of benzene rings is 2. The molecule has 19 heavy (non-hydrogen) atoms. The average molecular weight is 398 g/mol. The van der Waals surface area contributed by atoms with E-state index in [9.17, 15) is 17.6 Å². The first-order chi connectivity index (χ1) is 8.90. The van der Waals surface area contributed by atoms with Crippen molar-refractivity contribution in [3.8, 4) is 0 Å². The van der Waals surface area contributed by atoms with Crippen LogP contribution in [0.3, 0.4) is 0 Å². The average Bonchev–Trinajstić information content (AvgIpc) is 2.36. The van der Waals surface area contributed by atoms with Crippen molar-refractivity contribution in [2.75, 3.05) is 0 Å². The molecule has 2 aromatic rings. The summed E-state index contributed by atoms with van der Waals surface area (Å²) in [6.45, 7) is 0. The molecule has 0 radical (unpaired) electrons. The normalized spacial score (nSPS) is 12.5. The molecule has 2 rings (SSSR count). The molecule has 1 atom stereocenters. The molecule has 0 saturated carbocycles. The zero-order valence-corrected chi connectivity index (χ0v) is 12.4. The molecular weight excluding hydrogens is 392 g/mol. The van der Waals surface area contributed by atoms with Gasteiger partial charge in [0, 0.05) is 5.56 Å². The molecule has 0 nitrogen and oxygen atoms in total. The first-order valence-corrected chi connectivity index (χ1v) is 6.84. The maximum absolute atomic E-state index is 13.8. The molecule has 0 amide bonds. The van der Waals surface area contributed by atoms with Gasteiger partial charge < -0.3 is 0 Å². The maximum Gasteiger partial charge on any atom is 0.159 e. The molecule has 0 fully saturated rings. The Balaban J connectivity index is 2.46. The molecule has 0 aliphatic heterocycles. The van der Waals surface area contributed by atoms with Crippen LogP contribution in [-0.2, 0) is 0 Å². The number of rotatable bonds is 2. The fraction of sp³-hybridized carbons (Fsp3) is 0.0769. The lowest BCUT2D eigenvalue weighted by atomic mass is 10.0. The Kier molecular flexibility index (Phi) is 4.30. The Morgan fingerprint density at radius 3 is 2.11 bits per heavy atom. The van der Waals surface area contributed by atoms with E-state index in [-0.39, 0.29) is 10.0 Å². The molecule has 0 saturated heterocycles. The standard InChI is InChI=1S/C13H6Br2F4/c14-8-5-10(17)7(4-11(8)18)13(15)6-1-2-9(16)12(19)3-6/h1-5,13H. The van der Waals surface area contributed by atoms with Gasteiger partial charge in [-0.2, -0.15) is 0 Å². The minimum atomic E-state index is -1.04. The molecule has 2 aromatic carbocycles. The SMILES string of the molecule is Fc1ccc(C(Br)c2cc(F)c(Br)cc2F)cc1F. The summed E-state index contributed by atoms with van der Waals surface area (Å²) >= 11 is 6.02. The summed E-state index contributed by atoms with van der Waals surface area (Å²) in [7, 11) is 0. The molecule has 6 heteroatoms. The molecule has 1 unspecified atom stereocenters. The van der Waals surface area contributed by atoms with E-state index in [0.717, 1.165) is 24.3 Å². The molecule has 0 aliphatic carbocycles. The van der Waals surface area contributed by atoms with Gasteiger partial charge in [0.25, 0.3) is 0 Å². The second kappa shape index (κ2) is 5.63. The van der Waals surface area contributed by atoms with Gasteiger partial charge in [0.1, 0.15) is 11.6 Å². The zero-order valence-electron chi connectivity index (χ0n) is 9.23. The van der Waals surface area contributed by atoms with Crippen LogP contribution < -0.4 is 0 Å². The maximum atomic E-state index is 13.8. The summed E-state index contributed by atoms with van der Waals surface area (Å²) in [5.41, 5.74) is 0.297. The van der Waals surface area contributed by atoms with Gasteiger partial charge in [-0.25, -0.2) is 17.6 Å². The molecule has 0 bridgehead atoms. The van der Waals surface area contributed by atoms with E-state index in [1.54, 1.807) is 0 Å². The summed E-state index contributed by atoms with van der Waals surface area (Å²) < 4.78 is 53.1. The summed E-state index contributed by atoms with van der Waals surface area (Å²) in [6, 6.07) is 5.16. The summed E-state index contributed by atoms with van der Waals surface area (Å²) in [5, 5.41) is 0. The van der Waals surface area contributed by atoms with E-state index in [1.807, 2.05) is 0 Å². The highest BCUT2D eigenvalue weighted by Gasteiger charge is 2.18. The van der Waals surface area contributed by atoms with Crippen molar-refractivity contribution < 1.29 is 17.6 Å². The van der Waals surface area contributed by atoms with Crippen molar-refractivity contribution in [1.82, 2.24) is 0 Å². The number of alkyl halides is 1. The van der Waals surface area contributed by atoms with E-state index in [1.165, 1.54) is 6.07 Å². The lowest BCUT2D eigenvalue weighted by Crippen LogP contribution is -1.99. The lowest BCUT2D eigenvalue weighted by Gasteiger charge is -2.13. The Hall–Kier alpha value is -0.880.